The molecule has 0 aliphatic carbocycles. The molecule has 24 heavy (non-hydrogen) atoms. The second kappa shape index (κ2) is 7.34. The van der Waals surface area contributed by atoms with Gasteiger partial charge < -0.3 is 10.2 Å². The predicted octanol–water partition coefficient (Wildman–Crippen LogP) is 3.84. The van der Waals surface area contributed by atoms with Crippen molar-refractivity contribution in [2.45, 2.75) is 19.4 Å². The van der Waals surface area contributed by atoms with Crippen LogP contribution in [0.3, 0.4) is 0 Å². The maximum atomic E-state index is 12.5. The fourth-order valence-electron chi connectivity index (χ4n) is 2.97. The van der Waals surface area contributed by atoms with E-state index in [1.54, 1.807) is 4.90 Å². The van der Waals surface area contributed by atoms with Crippen LogP contribution >= 0.6 is 22.6 Å². The fourth-order valence-corrected chi connectivity index (χ4v) is 3.33. The molecule has 1 saturated heterocycles. The van der Waals surface area contributed by atoms with Gasteiger partial charge in [0.25, 0.3) is 0 Å². The summed E-state index contributed by atoms with van der Waals surface area (Å²) in [5.74, 6) is -0.357. The lowest BCUT2D eigenvalue weighted by molar-refractivity contribution is -0.129. The Balaban J connectivity index is 1.65. The third kappa shape index (κ3) is 3.77. The summed E-state index contributed by atoms with van der Waals surface area (Å²) in [6.07, 6.45) is 0.271. The highest BCUT2D eigenvalue weighted by Gasteiger charge is 2.36. The number of amides is 2. The number of rotatable bonds is 4. The number of halogens is 1. The first kappa shape index (κ1) is 17.0. The minimum atomic E-state index is -0.303. The molecule has 4 nitrogen and oxygen atoms in total. The summed E-state index contributed by atoms with van der Waals surface area (Å²) in [7, 11) is 0. The average molecular weight is 434 g/mol. The van der Waals surface area contributed by atoms with Crippen molar-refractivity contribution in [1.29, 1.82) is 0 Å². The summed E-state index contributed by atoms with van der Waals surface area (Å²) in [5, 5.41) is 2.91. The van der Waals surface area contributed by atoms with Gasteiger partial charge in [0, 0.05) is 22.2 Å². The van der Waals surface area contributed by atoms with Crippen molar-refractivity contribution in [3.63, 3.8) is 0 Å². The maximum absolute atomic E-state index is 12.5. The van der Waals surface area contributed by atoms with Gasteiger partial charge in [-0.05, 0) is 59.3 Å². The van der Waals surface area contributed by atoms with E-state index in [1.807, 2.05) is 61.5 Å². The molecule has 1 fully saturated rings. The predicted molar refractivity (Wildman–Crippen MR) is 102 cm³/mol. The molecule has 2 aromatic carbocycles. The standard InChI is InChI=1S/C19H19IN2O2/c1-13(14-5-3-2-4-6-14)22-12-15(11-18(22)23)19(24)21-17-9-7-16(20)8-10-17/h2-10,13,15H,11-12H2,1H3,(H,21,24)/t13-,15+/m0/s1. The minimum absolute atomic E-state index is 0.0187. The Morgan fingerprint density at radius 1 is 1.17 bits per heavy atom. The molecule has 1 N–H and O–H groups in total. The minimum Gasteiger partial charge on any atom is -0.335 e. The second-order valence-corrected chi connectivity index (χ2v) is 7.28. The molecule has 1 aliphatic heterocycles. The number of benzene rings is 2. The first-order valence-corrected chi connectivity index (χ1v) is 9.03. The number of carbonyl (C=O) groups is 2. The summed E-state index contributed by atoms with van der Waals surface area (Å²) in [5.41, 5.74) is 1.85. The molecule has 0 radical (unpaired) electrons. The zero-order chi connectivity index (χ0) is 17.1. The van der Waals surface area contributed by atoms with Crippen LogP contribution in [0.4, 0.5) is 5.69 Å². The largest absolute Gasteiger partial charge is 0.335 e. The highest BCUT2D eigenvalue weighted by atomic mass is 127. The van der Waals surface area contributed by atoms with Crippen LogP contribution in [-0.4, -0.2) is 23.3 Å². The molecular weight excluding hydrogens is 415 g/mol. The van der Waals surface area contributed by atoms with E-state index < -0.39 is 0 Å². The van der Waals surface area contributed by atoms with E-state index in [9.17, 15) is 9.59 Å². The van der Waals surface area contributed by atoms with E-state index in [2.05, 4.69) is 27.9 Å². The van der Waals surface area contributed by atoms with Gasteiger partial charge in [0.15, 0.2) is 0 Å². The summed E-state index contributed by atoms with van der Waals surface area (Å²) >= 11 is 2.22. The monoisotopic (exact) mass is 434 g/mol. The van der Waals surface area contributed by atoms with Crippen molar-refractivity contribution in [2.75, 3.05) is 11.9 Å². The number of nitrogens with one attached hydrogen (secondary N) is 1. The Morgan fingerprint density at radius 3 is 2.50 bits per heavy atom. The molecular formula is C19H19IN2O2. The highest BCUT2D eigenvalue weighted by molar-refractivity contribution is 14.1. The summed E-state index contributed by atoms with van der Waals surface area (Å²) in [4.78, 5) is 26.6. The molecule has 0 unspecified atom stereocenters. The molecule has 0 spiro atoms. The smallest absolute Gasteiger partial charge is 0.229 e. The van der Waals surface area contributed by atoms with E-state index >= 15 is 0 Å². The van der Waals surface area contributed by atoms with Gasteiger partial charge in [-0.25, -0.2) is 0 Å². The zero-order valence-corrected chi connectivity index (χ0v) is 15.6. The summed E-state index contributed by atoms with van der Waals surface area (Å²) in [6.45, 7) is 2.47. The fraction of sp³-hybridized carbons (Fsp3) is 0.263. The van der Waals surface area contributed by atoms with E-state index in [0.717, 1.165) is 14.8 Å². The molecule has 5 heteroatoms. The molecule has 1 heterocycles. The van der Waals surface area contributed by atoms with Crippen LogP contribution in [0, 0.1) is 9.49 Å². The topological polar surface area (TPSA) is 49.4 Å². The van der Waals surface area contributed by atoms with Gasteiger partial charge in [0.05, 0.1) is 12.0 Å². The average Bonchev–Trinajstić information content (AvgIpc) is 2.99. The molecule has 0 aromatic heterocycles. The van der Waals surface area contributed by atoms with Gasteiger partial charge in [-0.2, -0.15) is 0 Å². The van der Waals surface area contributed by atoms with Crippen LogP contribution in [-0.2, 0) is 9.59 Å². The SMILES string of the molecule is C[C@@H](c1ccccc1)N1C[C@H](C(=O)Nc2ccc(I)cc2)CC1=O. The molecule has 0 bridgehead atoms. The van der Waals surface area contributed by atoms with Crippen molar-refractivity contribution < 1.29 is 9.59 Å². The molecule has 2 atom stereocenters. The number of hydrogen-bond acceptors (Lipinski definition) is 2. The Labute approximate surface area is 155 Å². The molecule has 0 saturated carbocycles. The van der Waals surface area contributed by atoms with E-state index in [-0.39, 0.29) is 30.2 Å². The van der Waals surface area contributed by atoms with E-state index in [1.165, 1.54) is 0 Å². The van der Waals surface area contributed by atoms with Crippen molar-refractivity contribution >= 4 is 40.1 Å². The van der Waals surface area contributed by atoms with Gasteiger partial charge in [0.1, 0.15) is 0 Å². The van der Waals surface area contributed by atoms with Crippen LogP contribution in [0.15, 0.2) is 54.6 Å². The van der Waals surface area contributed by atoms with Crippen molar-refractivity contribution in [1.82, 2.24) is 4.90 Å². The van der Waals surface area contributed by atoms with Gasteiger partial charge in [0.2, 0.25) is 11.8 Å². The highest BCUT2D eigenvalue weighted by Crippen LogP contribution is 2.29. The lowest BCUT2D eigenvalue weighted by Crippen LogP contribution is -2.30. The number of carbonyl (C=O) groups excluding carboxylic acids is 2. The van der Waals surface area contributed by atoms with Crippen molar-refractivity contribution in [3.05, 3.63) is 63.7 Å². The Kier molecular flexibility index (Phi) is 5.18. The lowest BCUT2D eigenvalue weighted by atomic mass is 10.1. The quantitative estimate of drug-likeness (QED) is 0.744. The first-order chi connectivity index (χ1) is 11.5. The number of anilines is 1. The normalized spacial score (nSPS) is 18.5. The van der Waals surface area contributed by atoms with Crippen molar-refractivity contribution in [2.24, 2.45) is 5.92 Å². The van der Waals surface area contributed by atoms with Crippen LogP contribution in [0.5, 0.6) is 0 Å². The zero-order valence-electron chi connectivity index (χ0n) is 13.4. The first-order valence-electron chi connectivity index (χ1n) is 7.95. The Hall–Kier alpha value is -1.89. The summed E-state index contributed by atoms with van der Waals surface area (Å²) < 4.78 is 1.12. The van der Waals surface area contributed by atoms with Crippen LogP contribution in [0.1, 0.15) is 24.9 Å². The number of likely N-dealkylation sites (tertiary alicyclic amines) is 1. The molecule has 124 valence electrons. The number of hydrogen-bond donors (Lipinski definition) is 1. The third-order valence-corrected chi connectivity index (χ3v) is 5.11. The van der Waals surface area contributed by atoms with Gasteiger partial charge >= 0.3 is 0 Å². The molecule has 3 rings (SSSR count). The Bertz CT molecular complexity index is 731. The van der Waals surface area contributed by atoms with Gasteiger partial charge in [-0.1, -0.05) is 30.3 Å². The van der Waals surface area contributed by atoms with Gasteiger partial charge in [-0.3, -0.25) is 9.59 Å². The van der Waals surface area contributed by atoms with Crippen LogP contribution in [0.2, 0.25) is 0 Å². The number of nitrogens with zero attached hydrogens (tertiary/aromatic N) is 1. The van der Waals surface area contributed by atoms with Crippen LogP contribution in [0.25, 0.3) is 0 Å². The van der Waals surface area contributed by atoms with Crippen molar-refractivity contribution in [3.8, 4) is 0 Å². The van der Waals surface area contributed by atoms with E-state index in [4.69, 9.17) is 0 Å². The molecule has 1 aliphatic rings. The van der Waals surface area contributed by atoms with E-state index in [0.29, 0.717) is 6.54 Å². The van der Waals surface area contributed by atoms with Gasteiger partial charge in [-0.15, -0.1) is 0 Å². The Morgan fingerprint density at radius 2 is 1.83 bits per heavy atom. The maximum Gasteiger partial charge on any atom is 0.229 e. The lowest BCUT2D eigenvalue weighted by Gasteiger charge is -2.25. The third-order valence-electron chi connectivity index (χ3n) is 4.39. The molecule has 2 amide bonds. The summed E-state index contributed by atoms with van der Waals surface area (Å²) in [6, 6.07) is 17.5. The van der Waals surface area contributed by atoms with Crippen LogP contribution < -0.4 is 5.32 Å². The second-order valence-electron chi connectivity index (χ2n) is 6.03. The molecule has 2 aromatic rings.